The number of esters is 1. The van der Waals surface area contributed by atoms with Gasteiger partial charge in [0.25, 0.3) is 10.0 Å². The highest BCUT2D eigenvalue weighted by Crippen LogP contribution is 2.16. The predicted octanol–water partition coefficient (Wildman–Crippen LogP) is 1.40. The molecule has 0 aliphatic carbocycles. The molecule has 0 aromatic heterocycles. The zero-order valence-electron chi connectivity index (χ0n) is 14.4. The maximum Gasteiger partial charge on any atom is 0.305 e. The van der Waals surface area contributed by atoms with Crippen LogP contribution >= 0.6 is 12.2 Å². The first-order valence-electron chi connectivity index (χ1n) is 8.18. The highest BCUT2D eigenvalue weighted by atomic mass is 32.2. The van der Waals surface area contributed by atoms with E-state index >= 15 is 0 Å². The number of hydrogen-bond donors (Lipinski definition) is 3. The summed E-state index contributed by atoms with van der Waals surface area (Å²) in [4.78, 5) is 15.3. The number of methoxy groups -OCH3 is 1. The van der Waals surface area contributed by atoms with Crippen LogP contribution in [0.25, 0.3) is 0 Å². The Morgan fingerprint density at radius 1 is 1.38 bits per heavy atom. The molecule has 1 aromatic carbocycles. The van der Waals surface area contributed by atoms with Gasteiger partial charge < -0.3 is 15.4 Å². The molecule has 1 aromatic rings. The number of benzene rings is 1. The molecule has 0 atom stereocenters. The Labute approximate surface area is 158 Å². The zero-order chi connectivity index (χ0) is 19.0. The van der Waals surface area contributed by atoms with E-state index in [0.717, 1.165) is 6.42 Å². The summed E-state index contributed by atoms with van der Waals surface area (Å²) < 4.78 is 31.9. The third-order valence-corrected chi connectivity index (χ3v) is 5.22. The lowest BCUT2D eigenvalue weighted by molar-refractivity contribution is -0.140. The number of nitrogens with one attached hydrogen (secondary N) is 3. The van der Waals surface area contributed by atoms with E-state index in [0.29, 0.717) is 49.0 Å². The van der Waals surface area contributed by atoms with Crippen molar-refractivity contribution in [1.29, 1.82) is 0 Å². The molecule has 0 fully saturated rings. The van der Waals surface area contributed by atoms with E-state index in [1.54, 1.807) is 12.1 Å². The summed E-state index contributed by atoms with van der Waals surface area (Å²) in [5.41, 5.74) is 0.548. The molecule has 0 bridgehead atoms. The molecule has 0 saturated heterocycles. The molecule has 0 radical (unpaired) electrons. The molecule has 3 N–H and O–H groups in total. The SMILES string of the molecule is COC(=O)CCCNC(=S)Nc1cccc(S(=O)(=O)NC2=NCCC2)c1. The molecule has 0 saturated carbocycles. The Bertz CT molecular complexity index is 793. The fraction of sp³-hybridized carbons (Fsp3) is 0.438. The standard InChI is InChI=1S/C16H22N4O4S2/c1-24-15(21)8-4-10-18-16(25)19-12-5-2-6-13(11-12)26(22,23)20-14-7-3-9-17-14/h2,5-6,11H,3-4,7-10H2,1H3,(H,17,20)(H2,18,19,25). The molecule has 0 unspecified atom stereocenters. The second kappa shape index (κ2) is 9.48. The van der Waals surface area contributed by atoms with E-state index in [1.807, 2.05) is 0 Å². The maximum absolute atomic E-state index is 12.4. The van der Waals surface area contributed by atoms with Crippen LogP contribution in [0.15, 0.2) is 34.2 Å². The highest BCUT2D eigenvalue weighted by molar-refractivity contribution is 7.90. The first kappa shape index (κ1) is 20.1. The van der Waals surface area contributed by atoms with Gasteiger partial charge in [-0.15, -0.1) is 0 Å². The van der Waals surface area contributed by atoms with Crippen LogP contribution in [0.2, 0.25) is 0 Å². The van der Waals surface area contributed by atoms with Crippen molar-refractivity contribution >= 4 is 44.8 Å². The van der Waals surface area contributed by atoms with E-state index in [1.165, 1.54) is 19.2 Å². The van der Waals surface area contributed by atoms with Crippen LogP contribution in [0.3, 0.4) is 0 Å². The number of nitrogens with zero attached hydrogens (tertiary/aromatic N) is 1. The lowest BCUT2D eigenvalue weighted by atomic mass is 10.3. The minimum absolute atomic E-state index is 0.130. The molecule has 1 heterocycles. The summed E-state index contributed by atoms with van der Waals surface area (Å²) in [5.74, 6) is 0.217. The Balaban J connectivity index is 1.89. The van der Waals surface area contributed by atoms with Crippen molar-refractivity contribution in [1.82, 2.24) is 10.0 Å². The largest absolute Gasteiger partial charge is 0.469 e. The molecular formula is C16H22N4O4S2. The number of sulfonamides is 1. The Kier molecular flexibility index (Phi) is 7.34. The summed E-state index contributed by atoms with van der Waals surface area (Å²) in [6.45, 7) is 1.15. The molecule has 0 spiro atoms. The number of anilines is 1. The van der Waals surface area contributed by atoms with E-state index in [4.69, 9.17) is 12.2 Å². The van der Waals surface area contributed by atoms with E-state index in [-0.39, 0.29) is 10.9 Å². The van der Waals surface area contributed by atoms with Crippen molar-refractivity contribution in [2.24, 2.45) is 4.99 Å². The first-order chi connectivity index (χ1) is 12.4. The van der Waals surface area contributed by atoms with Crippen LogP contribution in [0.5, 0.6) is 0 Å². The average Bonchev–Trinajstić information content (AvgIpc) is 3.11. The Morgan fingerprint density at radius 3 is 2.88 bits per heavy atom. The fourth-order valence-electron chi connectivity index (χ4n) is 2.29. The van der Waals surface area contributed by atoms with Gasteiger partial charge in [-0.1, -0.05) is 6.07 Å². The van der Waals surface area contributed by atoms with Crippen molar-refractivity contribution in [3.8, 4) is 0 Å². The van der Waals surface area contributed by atoms with E-state index in [2.05, 4.69) is 25.1 Å². The number of carbonyl (C=O) groups excluding carboxylic acids is 1. The van der Waals surface area contributed by atoms with Crippen LogP contribution < -0.4 is 15.4 Å². The van der Waals surface area contributed by atoms with Gasteiger partial charge in [0.1, 0.15) is 5.84 Å². The van der Waals surface area contributed by atoms with Crippen LogP contribution in [-0.4, -0.2) is 45.5 Å². The van der Waals surface area contributed by atoms with Gasteiger partial charge in [0.2, 0.25) is 0 Å². The summed E-state index contributed by atoms with van der Waals surface area (Å²) in [5, 5.41) is 6.23. The molecule has 10 heteroatoms. The molecule has 26 heavy (non-hydrogen) atoms. The van der Waals surface area contributed by atoms with Crippen molar-refractivity contribution in [2.75, 3.05) is 25.5 Å². The second-order valence-corrected chi connectivity index (χ2v) is 7.72. The number of hydrogen-bond acceptors (Lipinski definition) is 6. The lowest BCUT2D eigenvalue weighted by Crippen LogP contribution is -2.30. The van der Waals surface area contributed by atoms with Gasteiger partial charge in [0.05, 0.1) is 12.0 Å². The number of rotatable bonds is 7. The third-order valence-electron chi connectivity index (χ3n) is 3.60. The predicted molar refractivity (Wildman–Crippen MR) is 104 cm³/mol. The summed E-state index contributed by atoms with van der Waals surface area (Å²) in [7, 11) is -2.33. The van der Waals surface area contributed by atoms with E-state index < -0.39 is 10.0 Å². The monoisotopic (exact) mass is 398 g/mol. The van der Waals surface area contributed by atoms with Gasteiger partial charge in [0.15, 0.2) is 5.11 Å². The maximum atomic E-state index is 12.4. The first-order valence-corrected chi connectivity index (χ1v) is 10.1. The molecule has 1 aliphatic heterocycles. The number of ether oxygens (including phenoxy) is 1. The van der Waals surface area contributed by atoms with Crippen molar-refractivity contribution in [3.05, 3.63) is 24.3 Å². The number of amidine groups is 1. The number of thiocarbonyl (C=S) groups is 1. The zero-order valence-corrected chi connectivity index (χ0v) is 16.1. The molecular weight excluding hydrogens is 376 g/mol. The molecule has 0 amide bonds. The Morgan fingerprint density at radius 2 is 2.19 bits per heavy atom. The smallest absolute Gasteiger partial charge is 0.305 e. The van der Waals surface area contributed by atoms with E-state index in [9.17, 15) is 13.2 Å². The number of carbonyl (C=O) groups is 1. The number of aliphatic imine (C=N–C) groups is 1. The third kappa shape index (κ3) is 6.26. The summed E-state index contributed by atoms with van der Waals surface area (Å²) in [6.07, 6.45) is 2.37. The molecule has 8 nitrogen and oxygen atoms in total. The van der Waals surface area contributed by atoms with Gasteiger partial charge in [-0.05, 0) is 43.3 Å². The fourth-order valence-corrected chi connectivity index (χ4v) is 3.64. The summed E-state index contributed by atoms with van der Waals surface area (Å²) in [6, 6.07) is 6.36. The van der Waals surface area contributed by atoms with Crippen molar-refractivity contribution in [2.45, 2.75) is 30.6 Å². The highest BCUT2D eigenvalue weighted by Gasteiger charge is 2.18. The molecule has 1 aliphatic rings. The summed E-state index contributed by atoms with van der Waals surface area (Å²) >= 11 is 5.17. The van der Waals surface area contributed by atoms with Gasteiger partial charge in [0, 0.05) is 31.6 Å². The van der Waals surface area contributed by atoms with Crippen molar-refractivity contribution < 1.29 is 17.9 Å². The molecule has 142 valence electrons. The van der Waals surface area contributed by atoms with Crippen LogP contribution in [0.1, 0.15) is 25.7 Å². The van der Waals surface area contributed by atoms with Gasteiger partial charge in [-0.25, -0.2) is 8.42 Å². The van der Waals surface area contributed by atoms with Crippen LogP contribution in [0.4, 0.5) is 5.69 Å². The van der Waals surface area contributed by atoms with Crippen LogP contribution in [0, 0.1) is 0 Å². The normalized spacial score (nSPS) is 13.7. The lowest BCUT2D eigenvalue weighted by Gasteiger charge is -2.12. The minimum Gasteiger partial charge on any atom is -0.469 e. The van der Waals surface area contributed by atoms with Crippen molar-refractivity contribution in [3.63, 3.8) is 0 Å². The molecule has 2 rings (SSSR count). The average molecular weight is 399 g/mol. The quantitative estimate of drug-likeness (QED) is 0.362. The van der Waals surface area contributed by atoms with Gasteiger partial charge in [-0.2, -0.15) is 0 Å². The van der Waals surface area contributed by atoms with Gasteiger partial charge in [-0.3, -0.25) is 14.5 Å². The second-order valence-electron chi connectivity index (χ2n) is 5.63. The van der Waals surface area contributed by atoms with Gasteiger partial charge >= 0.3 is 5.97 Å². The minimum atomic E-state index is -3.67. The van der Waals surface area contributed by atoms with Crippen LogP contribution in [-0.2, 0) is 19.6 Å². The topological polar surface area (TPSA) is 109 Å². The Hall–Kier alpha value is -2.20.